The van der Waals surface area contributed by atoms with Crippen LogP contribution in [0.2, 0.25) is 0 Å². The van der Waals surface area contributed by atoms with Crippen LogP contribution >= 0.6 is 15.9 Å². The van der Waals surface area contributed by atoms with Gasteiger partial charge in [0.1, 0.15) is 0 Å². The molecule has 0 saturated heterocycles. The molecule has 0 amide bonds. The summed E-state index contributed by atoms with van der Waals surface area (Å²) in [5, 5.41) is 3.21. The first-order valence-electron chi connectivity index (χ1n) is 7.43. The van der Waals surface area contributed by atoms with Crippen LogP contribution in [0.5, 0.6) is 0 Å². The molecule has 4 nitrogen and oxygen atoms in total. The molecule has 0 radical (unpaired) electrons. The lowest BCUT2D eigenvalue weighted by molar-refractivity contribution is 0.491. The fourth-order valence-electron chi connectivity index (χ4n) is 2.28. The molecule has 1 saturated carbocycles. The average Bonchev–Trinajstić information content (AvgIpc) is 3.28. The first kappa shape index (κ1) is 16.9. The van der Waals surface area contributed by atoms with Gasteiger partial charge in [-0.1, -0.05) is 19.9 Å². The van der Waals surface area contributed by atoms with E-state index in [1.54, 1.807) is 12.1 Å². The molecule has 118 valence electrons. The van der Waals surface area contributed by atoms with Crippen molar-refractivity contribution in [2.75, 3.05) is 13.1 Å². The van der Waals surface area contributed by atoms with Gasteiger partial charge < -0.3 is 5.32 Å². The Hall–Kier alpha value is -0.430. The second kappa shape index (κ2) is 7.22. The molecule has 0 aliphatic heterocycles. The second-order valence-electron chi connectivity index (χ2n) is 5.71. The van der Waals surface area contributed by atoms with E-state index in [2.05, 4.69) is 32.9 Å². The summed E-state index contributed by atoms with van der Waals surface area (Å²) in [4.78, 5) is 0.320. The molecular formula is C15H23BrN2O2S. The highest BCUT2D eigenvalue weighted by molar-refractivity contribution is 9.10. The zero-order chi connectivity index (χ0) is 15.5. The van der Waals surface area contributed by atoms with E-state index >= 15 is 0 Å². The third kappa shape index (κ3) is 4.77. The Kier molecular flexibility index (Phi) is 5.82. The minimum absolute atomic E-state index is 0.320. The highest BCUT2D eigenvalue weighted by atomic mass is 79.9. The van der Waals surface area contributed by atoms with Crippen molar-refractivity contribution in [2.24, 2.45) is 11.8 Å². The van der Waals surface area contributed by atoms with Gasteiger partial charge in [0.15, 0.2) is 0 Å². The zero-order valence-electron chi connectivity index (χ0n) is 12.5. The van der Waals surface area contributed by atoms with Crippen LogP contribution in [0.25, 0.3) is 0 Å². The van der Waals surface area contributed by atoms with Gasteiger partial charge in [0, 0.05) is 17.6 Å². The van der Waals surface area contributed by atoms with E-state index < -0.39 is 10.0 Å². The molecule has 1 unspecified atom stereocenters. The van der Waals surface area contributed by atoms with Gasteiger partial charge in [0.05, 0.1) is 4.90 Å². The zero-order valence-corrected chi connectivity index (χ0v) is 14.9. The number of nitrogens with one attached hydrogen (secondary N) is 2. The highest BCUT2D eigenvalue weighted by Crippen LogP contribution is 2.36. The van der Waals surface area contributed by atoms with Gasteiger partial charge in [0.2, 0.25) is 10.0 Å². The fraction of sp³-hybridized carbons (Fsp3) is 0.600. The van der Waals surface area contributed by atoms with Crippen LogP contribution in [0, 0.1) is 11.8 Å². The molecule has 6 heteroatoms. The Bertz CT molecular complexity index is 585. The summed E-state index contributed by atoms with van der Waals surface area (Å²) in [6.45, 7) is 6.17. The van der Waals surface area contributed by atoms with Crippen LogP contribution in [-0.4, -0.2) is 21.5 Å². The lowest BCUT2D eigenvalue weighted by atomic mass is 10.1. The lowest BCUT2D eigenvalue weighted by Crippen LogP contribution is -2.29. The van der Waals surface area contributed by atoms with Crippen molar-refractivity contribution in [2.45, 2.75) is 38.1 Å². The summed E-state index contributed by atoms with van der Waals surface area (Å²) in [7, 11) is -3.46. The quantitative estimate of drug-likeness (QED) is 0.735. The van der Waals surface area contributed by atoms with Crippen LogP contribution in [0.4, 0.5) is 0 Å². The smallest absolute Gasteiger partial charge is 0.241 e. The third-order valence-electron chi connectivity index (χ3n) is 3.89. The fourth-order valence-corrected chi connectivity index (χ4v) is 4.44. The van der Waals surface area contributed by atoms with Gasteiger partial charge >= 0.3 is 0 Å². The highest BCUT2D eigenvalue weighted by Gasteiger charge is 2.29. The van der Waals surface area contributed by atoms with E-state index in [9.17, 15) is 8.42 Å². The molecule has 2 N–H and O–H groups in total. The van der Waals surface area contributed by atoms with E-state index in [-0.39, 0.29) is 0 Å². The van der Waals surface area contributed by atoms with Crippen LogP contribution in [0.3, 0.4) is 0 Å². The van der Waals surface area contributed by atoms with Gasteiger partial charge in [-0.15, -0.1) is 0 Å². The van der Waals surface area contributed by atoms with Crippen molar-refractivity contribution in [1.82, 2.24) is 10.0 Å². The normalized spacial score (nSPS) is 16.9. The molecule has 0 spiro atoms. The maximum Gasteiger partial charge on any atom is 0.241 e. The first-order chi connectivity index (χ1) is 9.94. The molecule has 1 atom stereocenters. The number of sulfonamides is 1. The molecule has 1 aromatic rings. The number of benzene rings is 1. The standard InChI is InChI=1S/C15H23BrN2O2S/c1-3-17-10-12-4-7-14(16)15(8-12)21(19,20)18-9-11(2)13-5-6-13/h4,7-8,11,13,17-18H,3,5-6,9-10H2,1-2H3. The second-order valence-corrected chi connectivity index (χ2v) is 8.30. The van der Waals surface area contributed by atoms with Crippen LogP contribution in [0.15, 0.2) is 27.6 Å². The van der Waals surface area contributed by atoms with Gasteiger partial charge in [-0.25, -0.2) is 13.1 Å². The molecule has 1 fully saturated rings. The number of hydrogen-bond acceptors (Lipinski definition) is 3. The minimum Gasteiger partial charge on any atom is -0.313 e. The van der Waals surface area contributed by atoms with Crippen molar-refractivity contribution in [3.05, 3.63) is 28.2 Å². The van der Waals surface area contributed by atoms with Gasteiger partial charge in [-0.05, 0) is 64.8 Å². The van der Waals surface area contributed by atoms with E-state index in [1.165, 1.54) is 12.8 Å². The molecule has 0 heterocycles. The Morgan fingerprint density at radius 1 is 1.38 bits per heavy atom. The monoisotopic (exact) mass is 374 g/mol. The van der Waals surface area contributed by atoms with E-state index in [0.29, 0.717) is 34.3 Å². The maximum atomic E-state index is 12.5. The average molecular weight is 375 g/mol. The largest absolute Gasteiger partial charge is 0.313 e. The van der Waals surface area contributed by atoms with E-state index in [1.807, 2.05) is 13.0 Å². The summed E-state index contributed by atoms with van der Waals surface area (Å²) in [6, 6.07) is 5.46. The molecular weight excluding hydrogens is 352 g/mol. The Morgan fingerprint density at radius 2 is 2.10 bits per heavy atom. The topological polar surface area (TPSA) is 58.2 Å². The van der Waals surface area contributed by atoms with E-state index in [0.717, 1.165) is 12.1 Å². The predicted molar refractivity (Wildman–Crippen MR) is 88.6 cm³/mol. The summed E-state index contributed by atoms with van der Waals surface area (Å²) in [5.41, 5.74) is 0.968. The van der Waals surface area contributed by atoms with Crippen molar-refractivity contribution in [1.29, 1.82) is 0 Å². The summed E-state index contributed by atoms with van der Waals surface area (Å²) >= 11 is 3.34. The van der Waals surface area contributed by atoms with Gasteiger partial charge in [-0.3, -0.25) is 0 Å². The minimum atomic E-state index is -3.46. The molecule has 0 bridgehead atoms. The molecule has 0 aromatic heterocycles. The Balaban J connectivity index is 2.09. The Labute approximate surface area is 135 Å². The van der Waals surface area contributed by atoms with E-state index in [4.69, 9.17) is 0 Å². The SMILES string of the molecule is CCNCc1ccc(Br)c(S(=O)(=O)NCC(C)C2CC2)c1. The molecule has 2 rings (SSSR count). The predicted octanol–water partition coefficient (Wildman–Crippen LogP) is 2.88. The lowest BCUT2D eigenvalue weighted by Gasteiger charge is -2.14. The molecule has 1 aliphatic carbocycles. The van der Waals surface area contributed by atoms with Crippen molar-refractivity contribution < 1.29 is 8.42 Å². The van der Waals surface area contributed by atoms with Crippen LogP contribution in [0.1, 0.15) is 32.3 Å². The Morgan fingerprint density at radius 3 is 2.71 bits per heavy atom. The molecule has 21 heavy (non-hydrogen) atoms. The van der Waals surface area contributed by atoms with Crippen molar-refractivity contribution in [3.8, 4) is 0 Å². The molecule has 1 aliphatic rings. The molecule has 1 aromatic carbocycles. The number of halogens is 1. The number of hydrogen-bond donors (Lipinski definition) is 2. The van der Waals surface area contributed by atoms with Gasteiger partial charge in [0.25, 0.3) is 0 Å². The first-order valence-corrected chi connectivity index (χ1v) is 9.70. The van der Waals surface area contributed by atoms with Gasteiger partial charge in [-0.2, -0.15) is 0 Å². The van der Waals surface area contributed by atoms with Crippen molar-refractivity contribution >= 4 is 26.0 Å². The van der Waals surface area contributed by atoms with Crippen LogP contribution in [-0.2, 0) is 16.6 Å². The van der Waals surface area contributed by atoms with Crippen molar-refractivity contribution in [3.63, 3.8) is 0 Å². The summed E-state index contributed by atoms with van der Waals surface area (Å²) < 4.78 is 28.3. The summed E-state index contributed by atoms with van der Waals surface area (Å²) in [6.07, 6.45) is 2.45. The number of rotatable bonds is 8. The maximum absolute atomic E-state index is 12.5. The van der Waals surface area contributed by atoms with Crippen LogP contribution < -0.4 is 10.0 Å². The third-order valence-corrected chi connectivity index (χ3v) is 6.30. The summed E-state index contributed by atoms with van der Waals surface area (Å²) in [5.74, 6) is 1.10.